The molecule has 19 heavy (non-hydrogen) atoms. The molecule has 4 unspecified atom stereocenters. The average Bonchev–Trinajstić information content (AvgIpc) is 2.87. The summed E-state index contributed by atoms with van der Waals surface area (Å²) in [5, 5.41) is 0. The molecule has 1 aliphatic heterocycles. The van der Waals surface area contributed by atoms with Gasteiger partial charge in [0.05, 0.1) is 0 Å². The number of rotatable bonds is 3. The highest BCUT2D eigenvalue weighted by molar-refractivity contribution is 5.83. The van der Waals surface area contributed by atoms with Crippen LogP contribution in [0.15, 0.2) is 0 Å². The van der Waals surface area contributed by atoms with Gasteiger partial charge in [0.15, 0.2) is 0 Å². The zero-order valence-electron chi connectivity index (χ0n) is 11.8. The molecule has 2 bridgehead atoms. The van der Waals surface area contributed by atoms with Crippen LogP contribution in [0.5, 0.6) is 0 Å². The quantitative estimate of drug-likeness (QED) is 0.844. The maximum absolute atomic E-state index is 12.7. The van der Waals surface area contributed by atoms with Gasteiger partial charge in [0, 0.05) is 19.0 Å². The monoisotopic (exact) mass is 262 g/mol. The standard InChI is InChI=1S/C16H26N2O/c17-6-3-10-4-7-18(8-5-10)16(19)15-13-11-1-2-12(9-11)14(13)15/h10-15H,1-9,17H2. The molecule has 4 rings (SSSR count). The van der Waals surface area contributed by atoms with E-state index in [4.69, 9.17) is 5.73 Å². The molecule has 3 nitrogen and oxygen atoms in total. The summed E-state index contributed by atoms with van der Waals surface area (Å²) in [6.45, 7) is 2.79. The zero-order valence-corrected chi connectivity index (χ0v) is 11.8. The average molecular weight is 262 g/mol. The van der Waals surface area contributed by atoms with Gasteiger partial charge < -0.3 is 10.6 Å². The van der Waals surface area contributed by atoms with Gasteiger partial charge in [-0.05, 0) is 74.7 Å². The second kappa shape index (κ2) is 4.47. The lowest BCUT2D eigenvalue weighted by Gasteiger charge is -2.32. The third kappa shape index (κ3) is 1.84. The van der Waals surface area contributed by atoms with Crippen LogP contribution in [0.1, 0.15) is 38.5 Å². The zero-order chi connectivity index (χ0) is 13.0. The maximum Gasteiger partial charge on any atom is 0.226 e. The number of hydrogen-bond donors (Lipinski definition) is 1. The summed E-state index contributed by atoms with van der Waals surface area (Å²) in [4.78, 5) is 14.8. The summed E-state index contributed by atoms with van der Waals surface area (Å²) in [7, 11) is 0. The first-order chi connectivity index (χ1) is 9.29. The fourth-order valence-electron chi connectivity index (χ4n) is 5.54. The van der Waals surface area contributed by atoms with Gasteiger partial charge in [-0.15, -0.1) is 0 Å². The van der Waals surface area contributed by atoms with Crippen LogP contribution >= 0.6 is 0 Å². The smallest absolute Gasteiger partial charge is 0.226 e. The van der Waals surface area contributed by atoms with E-state index in [1.165, 1.54) is 32.1 Å². The first-order valence-corrected chi connectivity index (χ1v) is 8.28. The molecule has 1 amide bonds. The molecule has 0 aromatic heterocycles. The van der Waals surface area contributed by atoms with Gasteiger partial charge in [0.1, 0.15) is 0 Å². The predicted molar refractivity (Wildman–Crippen MR) is 74.3 cm³/mol. The van der Waals surface area contributed by atoms with Gasteiger partial charge >= 0.3 is 0 Å². The summed E-state index contributed by atoms with van der Waals surface area (Å²) in [5.74, 6) is 5.15. The van der Waals surface area contributed by atoms with Crippen molar-refractivity contribution in [3.8, 4) is 0 Å². The Labute approximate surface area is 115 Å². The van der Waals surface area contributed by atoms with Crippen molar-refractivity contribution in [3.05, 3.63) is 0 Å². The number of nitrogens with two attached hydrogens (primary N) is 1. The third-order valence-electron chi connectivity index (χ3n) is 6.52. The third-order valence-corrected chi connectivity index (χ3v) is 6.52. The Balaban J connectivity index is 1.34. The van der Waals surface area contributed by atoms with E-state index in [2.05, 4.69) is 4.90 Å². The Morgan fingerprint density at radius 3 is 2.26 bits per heavy atom. The minimum absolute atomic E-state index is 0.442. The second-order valence-corrected chi connectivity index (χ2v) is 7.36. The number of likely N-dealkylation sites (tertiary alicyclic amines) is 1. The van der Waals surface area contributed by atoms with Crippen LogP contribution in [0.2, 0.25) is 0 Å². The molecule has 2 N–H and O–H groups in total. The normalized spacial score (nSPS) is 44.5. The van der Waals surface area contributed by atoms with Crippen LogP contribution in [-0.2, 0) is 4.79 Å². The molecule has 0 spiro atoms. The minimum Gasteiger partial charge on any atom is -0.342 e. The lowest BCUT2D eigenvalue weighted by molar-refractivity contribution is -0.135. The first-order valence-electron chi connectivity index (χ1n) is 8.28. The van der Waals surface area contributed by atoms with Gasteiger partial charge in [-0.25, -0.2) is 0 Å². The molecule has 4 atom stereocenters. The summed E-state index contributed by atoms with van der Waals surface area (Å²) >= 11 is 0. The van der Waals surface area contributed by atoms with E-state index < -0.39 is 0 Å². The van der Waals surface area contributed by atoms with Gasteiger partial charge in [-0.3, -0.25) is 4.79 Å². The molecule has 1 heterocycles. The molecule has 0 aromatic rings. The molecule has 4 aliphatic rings. The van der Waals surface area contributed by atoms with Gasteiger partial charge in [-0.1, -0.05) is 0 Å². The lowest BCUT2D eigenvalue weighted by atomic mass is 9.93. The number of fused-ring (bicyclic) bond motifs is 5. The highest BCUT2D eigenvalue weighted by atomic mass is 16.2. The summed E-state index contributed by atoms with van der Waals surface area (Å²) < 4.78 is 0. The number of carbonyl (C=O) groups excluding carboxylic acids is 1. The molecule has 106 valence electrons. The van der Waals surface area contributed by atoms with Crippen LogP contribution in [-0.4, -0.2) is 30.4 Å². The highest BCUT2D eigenvalue weighted by Gasteiger charge is 2.67. The number of piperidine rings is 1. The fraction of sp³-hybridized carbons (Fsp3) is 0.938. The predicted octanol–water partition coefficient (Wildman–Crippen LogP) is 1.87. The maximum atomic E-state index is 12.7. The second-order valence-electron chi connectivity index (χ2n) is 7.36. The van der Waals surface area contributed by atoms with E-state index in [9.17, 15) is 4.79 Å². The van der Waals surface area contributed by atoms with Crippen molar-refractivity contribution < 1.29 is 4.79 Å². The van der Waals surface area contributed by atoms with Crippen molar-refractivity contribution >= 4 is 5.91 Å². The summed E-state index contributed by atoms with van der Waals surface area (Å²) in [5.41, 5.74) is 5.63. The van der Waals surface area contributed by atoms with Gasteiger partial charge in [0.25, 0.3) is 0 Å². The van der Waals surface area contributed by atoms with Crippen molar-refractivity contribution in [1.29, 1.82) is 0 Å². The van der Waals surface area contributed by atoms with Crippen molar-refractivity contribution in [1.82, 2.24) is 4.90 Å². The summed E-state index contributed by atoms with van der Waals surface area (Å²) in [6, 6.07) is 0. The van der Waals surface area contributed by atoms with Crippen LogP contribution in [0.3, 0.4) is 0 Å². The van der Waals surface area contributed by atoms with Crippen molar-refractivity contribution in [2.45, 2.75) is 38.5 Å². The molecule has 3 saturated carbocycles. The van der Waals surface area contributed by atoms with Crippen LogP contribution in [0, 0.1) is 35.5 Å². The Kier molecular flexibility index (Phi) is 2.87. The number of carbonyl (C=O) groups is 1. The Hall–Kier alpha value is -0.570. The molecular formula is C16H26N2O. The van der Waals surface area contributed by atoms with E-state index in [-0.39, 0.29) is 0 Å². The topological polar surface area (TPSA) is 46.3 Å². The van der Waals surface area contributed by atoms with Gasteiger partial charge in [-0.2, -0.15) is 0 Å². The molecule has 3 aliphatic carbocycles. The Morgan fingerprint density at radius 1 is 1.05 bits per heavy atom. The molecule has 0 radical (unpaired) electrons. The highest BCUT2D eigenvalue weighted by Crippen LogP contribution is 2.69. The van der Waals surface area contributed by atoms with Crippen LogP contribution in [0.25, 0.3) is 0 Å². The van der Waals surface area contributed by atoms with E-state index in [1.807, 2.05) is 0 Å². The Bertz CT molecular complexity index is 359. The van der Waals surface area contributed by atoms with Crippen molar-refractivity contribution in [2.75, 3.05) is 19.6 Å². The SMILES string of the molecule is NCCC1CCN(C(=O)C2C3C4CCC(C4)C23)CC1. The summed E-state index contributed by atoms with van der Waals surface area (Å²) in [6.07, 6.45) is 7.76. The molecule has 3 heteroatoms. The van der Waals surface area contributed by atoms with Gasteiger partial charge in [0.2, 0.25) is 5.91 Å². The Morgan fingerprint density at radius 2 is 1.68 bits per heavy atom. The fourth-order valence-corrected chi connectivity index (χ4v) is 5.54. The first kappa shape index (κ1) is 12.2. The number of hydrogen-bond acceptors (Lipinski definition) is 2. The van der Waals surface area contributed by atoms with E-state index >= 15 is 0 Å². The van der Waals surface area contributed by atoms with E-state index in [0.29, 0.717) is 11.8 Å². The van der Waals surface area contributed by atoms with E-state index in [0.717, 1.165) is 55.6 Å². The molecule has 1 saturated heterocycles. The van der Waals surface area contributed by atoms with Crippen molar-refractivity contribution in [2.24, 2.45) is 41.2 Å². The van der Waals surface area contributed by atoms with Crippen LogP contribution < -0.4 is 5.73 Å². The lowest BCUT2D eigenvalue weighted by Crippen LogP contribution is -2.40. The minimum atomic E-state index is 0.442. The van der Waals surface area contributed by atoms with Crippen LogP contribution in [0.4, 0.5) is 0 Å². The largest absolute Gasteiger partial charge is 0.342 e. The molecule has 4 fully saturated rings. The number of amides is 1. The molecule has 0 aromatic carbocycles. The molecular weight excluding hydrogens is 236 g/mol. The van der Waals surface area contributed by atoms with Crippen molar-refractivity contribution in [3.63, 3.8) is 0 Å². The van der Waals surface area contributed by atoms with E-state index in [1.54, 1.807) is 0 Å². The number of nitrogens with zero attached hydrogens (tertiary/aromatic N) is 1.